The van der Waals surface area contributed by atoms with Gasteiger partial charge >= 0.3 is 6.09 Å². The van der Waals surface area contributed by atoms with E-state index in [-0.39, 0.29) is 25.0 Å². The highest BCUT2D eigenvalue weighted by Crippen LogP contribution is 2.44. The second-order valence-electron chi connectivity index (χ2n) is 6.81. The number of nitrogens with zero attached hydrogens (tertiary/aromatic N) is 1. The van der Waals surface area contributed by atoms with Crippen LogP contribution in [0.2, 0.25) is 0 Å². The van der Waals surface area contributed by atoms with Crippen molar-refractivity contribution in [1.82, 2.24) is 15.5 Å². The van der Waals surface area contributed by atoms with Gasteiger partial charge in [-0.1, -0.05) is 48.5 Å². The fourth-order valence-electron chi connectivity index (χ4n) is 3.82. The number of alkyl carbamates (subject to hydrolysis) is 1. The molecule has 4 rings (SSSR count). The molecular formula is C21H23N3O3. The molecule has 1 heterocycles. The third-order valence-corrected chi connectivity index (χ3v) is 5.20. The third-order valence-electron chi connectivity index (χ3n) is 5.20. The molecule has 1 fully saturated rings. The van der Waals surface area contributed by atoms with Gasteiger partial charge in [0.05, 0.1) is 0 Å². The zero-order chi connectivity index (χ0) is 18.6. The molecule has 2 aromatic carbocycles. The Morgan fingerprint density at radius 3 is 2.22 bits per heavy atom. The Bertz CT molecular complexity index is 801. The van der Waals surface area contributed by atoms with Crippen molar-refractivity contribution in [2.24, 2.45) is 0 Å². The number of amides is 2. The van der Waals surface area contributed by atoms with Gasteiger partial charge in [0.1, 0.15) is 13.2 Å². The molecule has 0 atom stereocenters. The Labute approximate surface area is 158 Å². The van der Waals surface area contributed by atoms with Crippen LogP contribution in [0.3, 0.4) is 0 Å². The van der Waals surface area contributed by atoms with Crippen LogP contribution in [0.4, 0.5) is 4.79 Å². The zero-order valence-corrected chi connectivity index (χ0v) is 15.1. The number of carbonyl (C=O) groups is 2. The highest BCUT2D eigenvalue weighted by atomic mass is 16.5. The van der Waals surface area contributed by atoms with Crippen LogP contribution in [0.1, 0.15) is 17.0 Å². The van der Waals surface area contributed by atoms with Crippen molar-refractivity contribution in [3.05, 3.63) is 59.7 Å². The molecule has 1 aliphatic heterocycles. The van der Waals surface area contributed by atoms with Crippen LogP contribution >= 0.6 is 0 Å². The van der Waals surface area contributed by atoms with Gasteiger partial charge < -0.3 is 20.3 Å². The number of hydrogen-bond donors (Lipinski definition) is 2. The first-order valence-electron chi connectivity index (χ1n) is 9.31. The summed E-state index contributed by atoms with van der Waals surface area (Å²) >= 11 is 0. The van der Waals surface area contributed by atoms with Crippen LogP contribution < -0.4 is 10.6 Å². The number of ether oxygens (including phenoxy) is 1. The summed E-state index contributed by atoms with van der Waals surface area (Å²) < 4.78 is 5.44. The van der Waals surface area contributed by atoms with E-state index in [2.05, 4.69) is 34.9 Å². The number of piperazine rings is 1. The van der Waals surface area contributed by atoms with E-state index in [9.17, 15) is 9.59 Å². The largest absolute Gasteiger partial charge is 0.449 e. The average molecular weight is 365 g/mol. The number of carbonyl (C=O) groups excluding carboxylic acids is 2. The summed E-state index contributed by atoms with van der Waals surface area (Å²) in [6.07, 6.45) is -0.555. The van der Waals surface area contributed by atoms with Gasteiger partial charge in [0.25, 0.3) is 0 Å². The highest BCUT2D eigenvalue weighted by Gasteiger charge is 2.29. The molecular weight excluding hydrogens is 342 g/mol. The van der Waals surface area contributed by atoms with Crippen molar-refractivity contribution in [1.29, 1.82) is 0 Å². The molecule has 0 saturated carbocycles. The van der Waals surface area contributed by atoms with E-state index in [0.29, 0.717) is 13.1 Å². The number of rotatable bonds is 4. The number of fused-ring (bicyclic) bond motifs is 3. The van der Waals surface area contributed by atoms with Crippen molar-refractivity contribution in [3.8, 4) is 11.1 Å². The lowest BCUT2D eigenvalue weighted by Gasteiger charge is -2.27. The van der Waals surface area contributed by atoms with Crippen LogP contribution in [-0.2, 0) is 9.53 Å². The molecule has 0 unspecified atom stereocenters. The molecule has 6 heteroatoms. The second-order valence-corrected chi connectivity index (χ2v) is 6.81. The first kappa shape index (κ1) is 17.5. The van der Waals surface area contributed by atoms with Crippen LogP contribution in [-0.4, -0.2) is 56.2 Å². The van der Waals surface area contributed by atoms with Gasteiger partial charge in [0.2, 0.25) is 5.91 Å². The molecule has 2 N–H and O–H groups in total. The lowest BCUT2D eigenvalue weighted by Crippen LogP contribution is -2.49. The van der Waals surface area contributed by atoms with Gasteiger partial charge in [-0.25, -0.2) is 4.79 Å². The van der Waals surface area contributed by atoms with Crippen molar-refractivity contribution < 1.29 is 14.3 Å². The van der Waals surface area contributed by atoms with Gasteiger partial charge in [-0.3, -0.25) is 4.79 Å². The van der Waals surface area contributed by atoms with E-state index < -0.39 is 6.09 Å². The molecule has 1 saturated heterocycles. The van der Waals surface area contributed by atoms with E-state index in [4.69, 9.17) is 4.74 Å². The average Bonchev–Trinajstić information content (AvgIpc) is 3.05. The summed E-state index contributed by atoms with van der Waals surface area (Å²) in [6.45, 7) is 3.14. The Morgan fingerprint density at radius 1 is 1.00 bits per heavy atom. The lowest BCUT2D eigenvalue weighted by molar-refractivity contribution is -0.130. The summed E-state index contributed by atoms with van der Waals surface area (Å²) in [7, 11) is 0. The van der Waals surface area contributed by atoms with Gasteiger partial charge in [-0.05, 0) is 22.3 Å². The van der Waals surface area contributed by atoms with Crippen LogP contribution in [0.25, 0.3) is 11.1 Å². The molecule has 2 amide bonds. The summed E-state index contributed by atoms with van der Waals surface area (Å²) in [5.41, 5.74) is 4.72. The quantitative estimate of drug-likeness (QED) is 0.869. The third kappa shape index (κ3) is 3.66. The molecule has 0 bridgehead atoms. The van der Waals surface area contributed by atoms with E-state index >= 15 is 0 Å². The van der Waals surface area contributed by atoms with Crippen molar-refractivity contribution in [3.63, 3.8) is 0 Å². The van der Waals surface area contributed by atoms with Gasteiger partial charge in [0.15, 0.2) is 0 Å². The van der Waals surface area contributed by atoms with Gasteiger partial charge in [0, 0.05) is 32.1 Å². The fourth-order valence-corrected chi connectivity index (χ4v) is 3.82. The highest BCUT2D eigenvalue weighted by molar-refractivity contribution is 5.82. The Balaban J connectivity index is 1.34. The predicted octanol–water partition coefficient (Wildman–Crippen LogP) is 1.96. The number of nitrogens with one attached hydrogen (secondary N) is 2. The first-order valence-corrected chi connectivity index (χ1v) is 9.31. The first-order chi connectivity index (χ1) is 13.2. The van der Waals surface area contributed by atoms with Crippen LogP contribution in [0.15, 0.2) is 48.5 Å². The standard InChI is InChI=1S/C21H23N3O3/c25-20(24-11-9-22-10-12-24)13-23-21(26)27-14-19-17-7-3-1-5-15(17)16-6-2-4-8-18(16)19/h1-8,19,22H,9-14H2,(H,23,26). The monoisotopic (exact) mass is 365 g/mol. The summed E-state index contributed by atoms with van der Waals surface area (Å²) in [6, 6.07) is 16.4. The topological polar surface area (TPSA) is 70.7 Å². The maximum absolute atomic E-state index is 12.1. The van der Waals surface area contributed by atoms with Crippen molar-refractivity contribution in [2.45, 2.75) is 5.92 Å². The van der Waals surface area contributed by atoms with Gasteiger partial charge in [-0.2, -0.15) is 0 Å². The molecule has 0 spiro atoms. The van der Waals surface area contributed by atoms with Gasteiger partial charge in [-0.15, -0.1) is 0 Å². The van der Waals surface area contributed by atoms with E-state index in [1.165, 1.54) is 22.3 Å². The normalized spacial score (nSPS) is 15.8. The molecule has 0 radical (unpaired) electrons. The van der Waals surface area contributed by atoms with Crippen LogP contribution in [0, 0.1) is 0 Å². The molecule has 1 aliphatic carbocycles. The second kappa shape index (κ2) is 7.80. The van der Waals surface area contributed by atoms with E-state index in [0.717, 1.165) is 13.1 Å². The van der Waals surface area contributed by atoms with E-state index in [1.54, 1.807) is 4.90 Å². The number of benzene rings is 2. The summed E-state index contributed by atoms with van der Waals surface area (Å²) in [5, 5.41) is 5.78. The number of hydrogen-bond acceptors (Lipinski definition) is 4. The fraction of sp³-hybridized carbons (Fsp3) is 0.333. The summed E-state index contributed by atoms with van der Waals surface area (Å²) in [5.74, 6) is -0.0583. The Kier molecular flexibility index (Phi) is 5.07. The Hall–Kier alpha value is -2.86. The van der Waals surface area contributed by atoms with Crippen LogP contribution in [0.5, 0.6) is 0 Å². The lowest BCUT2D eigenvalue weighted by atomic mass is 9.98. The molecule has 2 aliphatic rings. The van der Waals surface area contributed by atoms with E-state index in [1.807, 2.05) is 24.3 Å². The smallest absolute Gasteiger partial charge is 0.407 e. The predicted molar refractivity (Wildman–Crippen MR) is 103 cm³/mol. The molecule has 140 valence electrons. The Morgan fingerprint density at radius 2 is 1.59 bits per heavy atom. The minimum Gasteiger partial charge on any atom is -0.449 e. The summed E-state index contributed by atoms with van der Waals surface area (Å²) in [4.78, 5) is 26.0. The molecule has 2 aromatic rings. The maximum Gasteiger partial charge on any atom is 0.407 e. The minimum atomic E-state index is -0.555. The molecule has 0 aromatic heterocycles. The SMILES string of the molecule is O=C(NCC(=O)N1CCNCC1)OCC1c2ccccc2-c2ccccc21. The minimum absolute atomic E-state index is 0.0204. The maximum atomic E-state index is 12.1. The van der Waals surface area contributed by atoms with Crippen molar-refractivity contribution >= 4 is 12.0 Å². The molecule has 6 nitrogen and oxygen atoms in total. The molecule has 27 heavy (non-hydrogen) atoms. The van der Waals surface area contributed by atoms with Crippen molar-refractivity contribution in [2.75, 3.05) is 39.3 Å². The zero-order valence-electron chi connectivity index (χ0n) is 15.1.